The molecular formula is C7H14NO. The van der Waals surface area contributed by atoms with E-state index in [2.05, 4.69) is 18.2 Å². The summed E-state index contributed by atoms with van der Waals surface area (Å²) in [6.07, 6.45) is 3.29. The van der Waals surface area contributed by atoms with Crippen LogP contribution in [0.15, 0.2) is 0 Å². The van der Waals surface area contributed by atoms with E-state index < -0.39 is 0 Å². The number of rotatable bonds is 2. The molecule has 1 rings (SSSR count). The van der Waals surface area contributed by atoms with E-state index in [1.807, 2.05) is 0 Å². The van der Waals surface area contributed by atoms with Crippen LogP contribution in [0.3, 0.4) is 0 Å². The Morgan fingerprint density at radius 2 is 2.56 bits per heavy atom. The summed E-state index contributed by atoms with van der Waals surface area (Å²) in [5.74, 6) is 0. The van der Waals surface area contributed by atoms with Crippen molar-refractivity contribution in [1.29, 1.82) is 0 Å². The second-order valence-electron chi connectivity index (χ2n) is 2.45. The minimum Gasteiger partial charge on any atom is -0.395 e. The smallest absolute Gasteiger partial charge is 0.0586 e. The van der Waals surface area contributed by atoms with Gasteiger partial charge in [-0.15, -0.1) is 0 Å². The van der Waals surface area contributed by atoms with E-state index in [1.165, 1.54) is 0 Å². The standard InChI is InChI=1S/C7H14NO/c1-2-8-5-3-4-7(8)6-9/h3,7,9H,2,4-6H2,1H3. The van der Waals surface area contributed by atoms with Gasteiger partial charge in [-0.05, 0) is 19.4 Å². The van der Waals surface area contributed by atoms with Gasteiger partial charge in [0.25, 0.3) is 0 Å². The van der Waals surface area contributed by atoms with Gasteiger partial charge in [-0.25, -0.2) is 0 Å². The molecule has 0 bridgehead atoms. The van der Waals surface area contributed by atoms with Gasteiger partial charge in [0.1, 0.15) is 0 Å². The fraction of sp³-hybridized carbons (Fsp3) is 0.857. The zero-order valence-corrected chi connectivity index (χ0v) is 5.88. The minimum atomic E-state index is 0.310. The molecular weight excluding hydrogens is 114 g/mol. The molecule has 0 aromatic carbocycles. The highest BCUT2D eigenvalue weighted by Gasteiger charge is 2.21. The van der Waals surface area contributed by atoms with E-state index in [9.17, 15) is 0 Å². The molecule has 9 heavy (non-hydrogen) atoms. The number of hydrogen-bond donors (Lipinski definition) is 1. The van der Waals surface area contributed by atoms with Crippen LogP contribution in [0, 0.1) is 6.42 Å². The molecule has 2 heteroatoms. The SMILES string of the molecule is CCN1C[CH]CC1CO. The molecule has 1 atom stereocenters. The van der Waals surface area contributed by atoms with E-state index in [-0.39, 0.29) is 0 Å². The van der Waals surface area contributed by atoms with Gasteiger partial charge in [-0.3, -0.25) is 4.90 Å². The summed E-state index contributed by atoms with van der Waals surface area (Å²) in [6.45, 7) is 4.55. The molecule has 0 aromatic heterocycles. The van der Waals surface area contributed by atoms with Gasteiger partial charge >= 0.3 is 0 Å². The molecule has 0 aliphatic carbocycles. The third-order valence-corrected chi connectivity index (χ3v) is 1.94. The predicted molar refractivity (Wildman–Crippen MR) is 37.0 cm³/mol. The zero-order chi connectivity index (χ0) is 6.69. The van der Waals surface area contributed by atoms with Crippen molar-refractivity contribution in [3.63, 3.8) is 0 Å². The molecule has 0 amide bonds. The van der Waals surface area contributed by atoms with Gasteiger partial charge in [-0.1, -0.05) is 6.92 Å². The first-order chi connectivity index (χ1) is 4.38. The Balaban J connectivity index is 2.32. The van der Waals surface area contributed by atoms with Gasteiger partial charge < -0.3 is 5.11 Å². The molecule has 0 saturated carbocycles. The highest BCUT2D eigenvalue weighted by atomic mass is 16.3. The Morgan fingerprint density at radius 1 is 1.78 bits per heavy atom. The van der Waals surface area contributed by atoms with Crippen LogP contribution in [-0.2, 0) is 0 Å². The monoisotopic (exact) mass is 128 g/mol. The molecule has 0 aromatic rings. The van der Waals surface area contributed by atoms with Gasteiger partial charge in [-0.2, -0.15) is 0 Å². The first-order valence-electron chi connectivity index (χ1n) is 3.55. The van der Waals surface area contributed by atoms with Crippen LogP contribution in [0.4, 0.5) is 0 Å². The molecule has 1 aliphatic rings. The Kier molecular flexibility index (Phi) is 2.49. The highest BCUT2D eigenvalue weighted by molar-refractivity contribution is 4.88. The lowest BCUT2D eigenvalue weighted by Crippen LogP contribution is -2.31. The van der Waals surface area contributed by atoms with E-state index in [0.717, 1.165) is 19.5 Å². The average Bonchev–Trinajstić information content (AvgIpc) is 2.33. The minimum absolute atomic E-state index is 0.310. The van der Waals surface area contributed by atoms with Crippen molar-refractivity contribution >= 4 is 0 Å². The fourth-order valence-corrected chi connectivity index (χ4v) is 1.31. The average molecular weight is 128 g/mol. The van der Waals surface area contributed by atoms with Crippen LogP contribution in [0.1, 0.15) is 13.3 Å². The third-order valence-electron chi connectivity index (χ3n) is 1.94. The van der Waals surface area contributed by atoms with Crippen molar-refractivity contribution < 1.29 is 5.11 Å². The van der Waals surface area contributed by atoms with E-state index in [0.29, 0.717) is 12.6 Å². The van der Waals surface area contributed by atoms with Crippen molar-refractivity contribution in [3.05, 3.63) is 6.42 Å². The third kappa shape index (κ3) is 1.43. The summed E-state index contributed by atoms with van der Waals surface area (Å²) >= 11 is 0. The molecule has 1 heterocycles. The van der Waals surface area contributed by atoms with Crippen LogP contribution >= 0.6 is 0 Å². The van der Waals surface area contributed by atoms with Crippen molar-refractivity contribution in [3.8, 4) is 0 Å². The largest absolute Gasteiger partial charge is 0.395 e. The molecule has 1 fully saturated rings. The number of nitrogens with zero attached hydrogens (tertiary/aromatic N) is 1. The van der Waals surface area contributed by atoms with E-state index >= 15 is 0 Å². The number of hydrogen-bond acceptors (Lipinski definition) is 2. The normalized spacial score (nSPS) is 29.3. The first kappa shape index (κ1) is 7.03. The first-order valence-corrected chi connectivity index (χ1v) is 3.55. The van der Waals surface area contributed by atoms with Crippen molar-refractivity contribution in [2.24, 2.45) is 0 Å². The lowest BCUT2D eigenvalue weighted by molar-refractivity contribution is 0.164. The van der Waals surface area contributed by atoms with Crippen LogP contribution < -0.4 is 0 Å². The Hall–Kier alpha value is -0.0800. The molecule has 1 saturated heterocycles. The van der Waals surface area contributed by atoms with Gasteiger partial charge in [0.2, 0.25) is 0 Å². The summed E-state index contributed by atoms with van der Waals surface area (Å²) in [6, 6.07) is 0.412. The summed E-state index contributed by atoms with van der Waals surface area (Å²) < 4.78 is 0. The fourth-order valence-electron chi connectivity index (χ4n) is 1.31. The zero-order valence-electron chi connectivity index (χ0n) is 5.88. The number of likely N-dealkylation sites (tertiary alicyclic amines) is 1. The Bertz CT molecular complexity index is 75.0. The number of likely N-dealkylation sites (N-methyl/N-ethyl adjacent to an activating group) is 1. The maximum absolute atomic E-state index is 8.81. The van der Waals surface area contributed by atoms with E-state index in [1.54, 1.807) is 0 Å². The Morgan fingerprint density at radius 3 is 3.00 bits per heavy atom. The topological polar surface area (TPSA) is 23.5 Å². The summed E-state index contributed by atoms with van der Waals surface area (Å²) in [4.78, 5) is 2.28. The van der Waals surface area contributed by atoms with Gasteiger partial charge in [0.05, 0.1) is 6.61 Å². The quantitative estimate of drug-likeness (QED) is 0.577. The van der Waals surface area contributed by atoms with Gasteiger partial charge in [0.15, 0.2) is 0 Å². The molecule has 1 unspecified atom stereocenters. The molecule has 1 aliphatic heterocycles. The second-order valence-corrected chi connectivity index (χ2v) is 2.45. The number of aliphatic hydroxyl groups is 1. The Labute approximate surface area is 56.5 Å². The molecule has 53 valence electrons. The summed E-state index contributed by atoms with van der Waals surface area (Å²) in [5, 5.41) is 8.81. The van der Waals surface area contributed by atoms with Crippen LogP contribution in [0.5, 0.6) is 0 Å². The summed E-state index contributed by atoms with van der Waals surface area (Å²) in [5.41, 5.74) is 0. The van der Waals surface area contributed by atoms with Crippen molar-refractivity contribution in [2.45, 2.75) is 19.4 Å². The summed E-state index contributed by atoms with van der Waals surface area (Å²) in [7, 11) is 0. The van der Waals surface area contributed by atoms with Crippen LogP contribution in [0.25, 0.3) is 0 Å². The highest BCUT2D eigenvalue weighted by Crippen LogP contribution is 2.14. The maximum Gasteiger partial charge on any atom is 0.0586 e. The molecule has 0 spiro atoms. The molecule has 2 nitrogen and oxygen atoms in total. The maximum atomic E-state index is 8.81. The van der Waals surface area contributed by atoms with Crippen molar-refractivity contribution in [1.82, 2.24) is 4.90 Å². The van der Waals surface area contributed by atoms with E-state index in [4.69, 9.17) is 5.11 Å². The second kappa shape index (κ2) is 3.18. The van der Waals surface area contributed by atoms with Crippen LogP contribution in [-0.4, -0.2) is 35.7 Å². The molecule has 1 radical (unpaired) electrons. The predicted octanol–water partition coefficient (Wildman–Crippen LogP) is 0.277. The van der Waals surface area contributed by atoms with Crippen molar-refractivity contribution in [2.75, 3.05) is 19.7 Å². The van der Waals surface area contributed by atoms with Gasteiger partial charge in [0, 0.05) is 12.6 Å². The number of aliphatic hydroxyl groups excluding tert-OH is 1. The lowest BCUT2D eigenvalue weighted by Gasteiger charge is -2.19. The van der Waals surface area contributed by atoms with Crippen LogP contribution in [0.2, 0.25) is 0 Å². The molecule has 1 N–H and O–H groups in total. The lowest BCUT2D eigenvalue weighted by atomic mass is 10.2.